The molecule has 186 valence electrons. The number of thiophene rings is 1. The van der Waals surface area contributed by atoms with Crippen molar-refractivity contribution in [1.82, 2.24) is 20.2 Å². The van der Waals surface area contributed by atoms with Crippen LogP contribution in [0.25, 0.3) is 21.5 Å². The number of hydrogen-bond acceptors (Lipinski definition) is 7. The van der Waals surface area contributed by atoms with E-state index in [1.165, 1.54) is 5.56 Å². The SMILES string of the molecule is Cc1cc(Cl)cc(-c2ncnc3cc(CN4CC(CO)CC4=O)sc23)c1CC1CNCC(C)(C)O1. The molecule has 0 spiro atoms. The molecule has 0 saturated carbocycles. The summed E-state index contributed by atoms with van der Waals surface area (Å²) in [5, 5.41) is 13.6. The van der Waals surface area contributed by atoms with E-state index in [0.29, 0.717) is 24.5 Å². The summed E-state index contributed by atoms with van der Waals surface area (Å²) in [4.78, 5) is 24.4. The third kappa shape index (κ3) is 5.22. The number of aromatic nitrogens is 2. The second kappa shape index (κ2) is 9.75. The number of benzene rings is 1. The van der Waals surface area contributed by atoms with Crippen LogP contribution in [0.4, 0.5) is 0 Å². The van der Waals surface area contributed by atoms with Crippen molar-refractivity contribution in [3.8, 4) is 11.3 Å². The molecule has 2 saturated heterocycles. The highest BCUT2D eigenvalue weighted by atomic mass is 35.5. The van der Waals surface area contributed by atoms with Gasteiger partial charge >= 0.3 is 0 Å². The van der Waals surface area contributed by atoms with Crippen LogP contribution in [0.5, 0.6) is 0 Å². The van der Waals surface area contributed by atoms with E-state index < -0.39 is 0 Å². The Morgan fingerprint density at radius 3 is 2.89 bits per heavy atom. The number of hydrogen-bond donors (Lipinski definition) is 2. The quantitative estimate of drug-likeness (QED) is 0.517. The highest BCUT2D eigenvalue weighted by molar-refractivity contribution is 7.19. The molecular weight excluding hydrogens is 484 g/mol. The van der Waals surface area contributed by atoms with Gasteiger partial charge in [-0.25, -0.2) is 9.97 Å². The minimum Gasteiger partial charge on any atom is -0.396 e. The van der Waals surface area contributed by atoms with Gasteiger partial charge in [-0.2, -0.15) is 0 Å². The molecule has 2 fully saturated rings. The summed E-state index contributed by atoms with van der Waals surface area (Å²) in [6.45, 7) is 9.08. The van der Waals surface area contributed by atoms with E-state index in [1.54, 1.807) is 17.7 Å². The number of likely N-dealkylation sites (tertiary alicyclic amines) is 1. The topological polar surface area (TPSA) is 87.6 Å². The van der Waals surface area contributed by atoms with Gasteiger partial charge in [-0.3, -0.25) is 4.79 Å². The number of carbonyl (C=O) groups excluding carboxylic acids is 1. The summed E-state index contributed by atoms with van der Waals surface area (Å²) in [7, 11) is 0. The highest BCUT2D eigenvalue weighted by Crippen LogP contribution is 2.38. The van der Waals surface area contributed by atoms with Gasteiger partial charge in [-0.15, -0.1) is 11.3 Å². The van der Waals surface area contributed by atoms with Gasteiger partial charge < -0.3 is 20.1 Å². The Morgan fingerprint density at radius 2 is 2.14 bits per heavy atom. The zero-order chi connectivity index (χ0) is 24.7. The maximum atomic E-state index is 12.4. The summed E-state index contributed by atoms with van der Waals surface area (Å²) in [6.07, 6.45) is 2.81. The van der Waals surface area contributed by atoms with E-state index in [-0.39, 0.29) is 30.1 Å². The molecule has 1 aromatic carbocycles. The fraction of sp³-hybridized carbons (Fsp3) is 0.500. The van der Waals surface area contributed by atoms with Crippen molar-refractivity contribution in [1.29, 1.82) is 0 Å². The Bertz CT molecular complexity index is 1260. The minimum absolute atomic E-state index is 0.0192. The molecule has 2 unspecified atom stereocenters. The predicted octanol–water partition coefficient (Wildman–Crippen LogP) is 3.97. The molecular formula is C26H31ClN4O3S. The van der Waals surface area contributed by atoms with E-state index in [4.69, 9.17) is 21.3 Å². The summed E-state index contributed by atoms with van der Waals surface area (Å²) in [5.74, 6) is 0.107. The second-order valence-electron chi connectivity index (χ2n) is 10.3. The van der Waals surface area contributed by atoms with Crippen molar-refractivity contribution in [2.75, 3.05) is 26.2 Å². The Morgan fingerprint density at radius 1 is 1.31 bits per heavy atom. The number of morpholine rings is 1. The van der Waals surface area contributed by atoms with Crippen LogP contribution in [0.3, 0.4) is 0 Å². The Labute approximate surface area is 214 Å². The number of nitrogens with zero attached hydrogens (tertiary/aromatic N) is 3. The summed E-state index contributed by atoms with van der Waals surface area (Å²) in [5.41, 5.74) is 4.79. The normalized spacial score (nSPS) is 22.3. The molecule has 0 radical (unpaired) electrons. The molecule has 7 nitrogen and oxygen atoms in total. The largest absolute Gasteiger partial charge is 0.396 e. The van der Waals surface area contributed by atoms with Crippen LogP contribution in [-0.4, -0.2) is 63.8 Å². The number of rotatable bonds is 6. The summed E-state index contributed by atoms with van der Waals surface area (Å²) < 4.78 is 7.35. The van der Waals surface area contributed by atoms with Crippen molar-refractivity contribution in [3.63, 3.8) is 0 Å². The van der Waals surface area contributed by atoms with E-state index in [2.05, 4.69) is 31.1 Å². The monoisotopic (exact) mass is 514 g/mol. The van der Waals surface area contributed by atoms with Gasteiger partial charge in [0, 0.05) is 60.5 Å². The Balaban J connectivity index is 1.50. The smallest absolute Gasteiger partial charge is 0.223 e. The first-order valence-electron chi connectivity index (χ1n) is 12.0. The molecule has 2 aromatic heterocycles. The standard InChI is InChI=1S/C26H31ClN4O3S/c1-15-4-17(27)6-21(20(15)7-18-9-28-13-26(2,3)34-18)24-25-22(29-14-30-24)8-19(35-25)11-31-10-16(12-32)5-23(31)33/h4,6,8,14,16,18,28,32H,5,7,9-13H2,1-3H3. The third-order valence-corrected chi connectivity index (χ3v) is 8.13. The number of aryl methyl sites for hydroxylation is 1. The number of aliphatic hydroxyl groups excluding tert-OH is 1. The molecule has 2 aliphatic heterocycles. The fourth-order valence-corrected chi connectivity index (χ4v) is 6.56. The summed E-state index contributed by atoms with van der Waals surface area (Å²) in [6, 6.07) is 6.03. The van der Waals surface area contributed by atoms with Crippen molar-refractivity contribution < 1.29 is 14.6 Å². The lowest BCUT2D eigenvalue weighted by Gasteiger charge is -2.37. The number of carbonyl (C=O) groups is 1. The third-order valence-electron chi connectivity index (χ3n) is 6.79. The van der Waals surface area contributed by atoms with Crippen molar-refractivity contribution in [2.24, 2.45) is 5.92 Å². The zero-order valence-electron chi connectivity index (χ0n) is 20.3. The Kier molecular flexibility index (Phi) is 6.85. The van der Waals surface area contributed by atoms with Gasteiger partial charge in [-0.05, 0) is 50.1 Å². The van der Waals surface area contributed by atoms with Crippen molar-refractivity contribution >= 4 is 39.1 Å². The van der Waals surface area contributed by atoms with E-state index in [0.717, 1.165) is 51.4 Å². The number of halogens is 1. The van der Waals surface area contributed by atoms with Crippen LogP contribution in [-0.2, 0) is 22.5 Å². The Hall–Kier alpha value is -2.10. The average Bonchev–Trinajstić information content (AvgIpc) is 3.37. The molecule has 2 aliphatic rings. The minimum atomic E-state index is -0.212. The van der Waals surface area contributed by atoms with E-state index >= 15 is 0 Å². The second-order valence-corrected chi connectivity index (χ2v) is 11.8. The zero-order valence-corrected chi connectivity index (χ0v) is 21.9. The molecule has 4 heterocycles. The number of aliphatic hydroxyl groups is 1. The molecule has 0 bridgehead atoms. The number of nitrogens with one attached hydrogen (secondary N) is 1. The van der Waals surface area contributed by atoms with Crippen molar-refractivity contribution in [2.45, 2.75) is 51.9 Å². The first-order valence-corrected chi connectivity index (χ1v) is 13.2. The van der Waals surface area contributed by atoms with Crippen LogP contribution in [0.15, 0.2) is 24.5 Å². The summed E-state index contributed by atoms with van der Waals surface area (Å²) >= 11 is 8.14. The van der Waals surface area contributed by atoms with Gasteiger partial charge in [0.15, 0.2) is 0 Å². The molecule has 9 heteroatoms. The van der Waals surface area contributed by atoms with Crippen molar-refractivity contribution in [3.05, 3.63) is 45.6 Å². The molecule has 2 atom stereocenters. The fourth-order valence-electron chi connectivity index (χ4n) is 5.16. The molecule has 1 amide bonds. The lowest BCUT2D eigenvalue weighted by atomic mass is 9.93. The first kappa shape index (κ1) is 24.6. The van der Waals surface area contributed by atoms with E-state index in [1.807, 2.05) is 23.1 Å². The molecule has 5 rings (SSSR count). The van der Waals surface area contributed by atoms with Crippen LogP contribution < -0.4 is 5.32 Å². The molecule has 3 aromatic rings. The number of ether oxygens (including phenoxy) is 1. The van der Waals surface area contributed by atoms with Gasteiger partial charge in [0.05, 0.1) is 34.2 Å². The van der Waals surface area contributed by atoms with Crippen LogP contribution in [0.2, 0.25) is 5.02 Å². The van der Waals surface area contributed by atoms with Crippen LogP contribution >= 0.6 is 22.9 Å². The maximum Gasteiger partial charge on any atom is 0.223 e. The van der Waals surface area contributed by atoms with Gasteiger partial charge in [0.2, 0.25) is 5.91 Å². The lowest BCUT2D eigenvalue weighted by molar-refractivity contribution is -0.128. The highest BCUT2D eigenvalue weighted by Gasteiger charge is 2.31. The van der Waals surface area contributed by atoms with Crippen LogP contribution in [0.1, 0.15) is 36.3 Å². The molecule has 2 N–H and O–H groups in total. The number of fused-ring (bicyclic) bond motifs is 1. The lowest BCUT2D eigenvalue weighted by Crippen LogP contribution is -2.51. The van der Waals surface area contributed by atoms with Gasteiger partial charge in [0.1, 0.15) is 6.33 Å². The number of amides is 1. The van der Waals surface area contributed by atoms with Gasteiger partial charge in [-0.1, -0.05) is 11.6 Å². The van der Waals surface area contributed by atoms with Gasteiger partial charge in [0.25, 0.3) is 0 Å². The average molecular weight is 515 g/mol. The molecule has 0 aliphatic carbocycles. The predicted molar refractivity (Wildman–Crippen MR) is 139 cm³/mol. The maximum absolute atomic E-state index is 12.4. The first-order chi connectivity index (χ1) is 16.7. The molecule has 35 heavy (non-hydrogen) atoms. The van der Waals surface area contributed by atoms with Crippen LogP contribution in [0, 0.1) is 12.8 Å². The van der Waals surface area contributed by atoms with E-state index in [9.17, 15) is 9.90 Å².